The molecule has 0 saturated carbocycles. The minimum absolute atomic E-state index is 0.294. The Bertz CT molecular complexity index is 604. The molecule has 0 bridgehead atoms. The van der Waals surface area contributed by atoms with Crippen LogP contribution in [0.2, 0.25) is 0 Å². The summed E-state index contributed by atoms with van der Waals surface area (Å²) in [5.41, 5.74) is 1.94. The van der Waals surface area contributed by atoms with Gasteiger partial charge in [-0.1, -0.05) is 58.7 Å². The Labute approximate surface area is 130 Å². The molecule has 0 aliphatic carbocycles. The van der Waals surface area contributed by atoms with Crippen LogP contribution in [-0.2, 0) is 5.41 Å². The minimum Gasteiger partial charge on any atom is -0.170 e. The van der Waals surface area contributed by atoms with Crippen molar-refractivity contribution >= 4 is 0 Å². The van der Waals surface area contributed by atoms with Crippen LogP contribution in [-0.4, -0.2) is 6.18 Å². The molecule has 0 nitrogen and oxygen atoms in total. The normalized spacial score (nSPS) is 12.5. The molecule has 0 saturated heterocycles. The van der Waals surface area contributed by atoms with Gasteiger partial charge >= 0.3 is 6.18 Å². The number of aryl methyl sites for hydroxylation is 4. The standard InChI is InChI=1S/C19H21F3/c1-12-6-13(2)9-16(8-12)18(5,19(20,21)22)17-10-14(3)7-15(4)11-17/h6-11H,1-5H3. The van der Waals surface area contributed by atoms with Crippen LogP contribution >= 0.6 is 0 Å². The first-order valence-electron chi connectivity index (χ1n) is 7.28. The van der Waals surface area contributed by atoms with Gasteiger partial charge in [0.05, 0.1) is 0 Å². The molecule has 0 fully saturated rings. The van der Waals surface area contributed by atoms with Gasteiger partial charge in [0.1, 0.15) is 5.41 Å². The van der Waals surface area contributed by atoms with Crippen molar-refractivity contribution in [2.24, 2.45) is 0 Å². The Hall–Kier alpha value is -1.77. The van der Waals surface area contributed by atoms with Gasteiger partial charge < -0.3 is 0 Å². The predicted octanol–water partition coefficient (Wildman–Crippen LogP) is 5.79. The summed E-state index contributed by atoms with van der Waals surface area (Å²) >= 11 is 0. The Kier molecular flexibility index (Phi) is 4.12. The molecule has 118 valence electrons. The smallest absolute Gasteiger partial charge is 0.170 e. The van der Waals surface area contributed by atoms with E-state index in [9.17, 15) is 13.2 Å². The van der Waals surface area contributed by atoms with Crippen molar-refractivity contribution in [1.82, 2.24) is 0 Å². The molecule has 22 heavy (non-hydrogen) atoms. The molecule has 2 rings (SSSR count). The third-order valence-corrected chi connectivity index (χ3v) is 4.17. The molecule has 0 radical (unpaired) electrons. The van der Waals surface area contributed by atoms with Crippen molar-refractivity contribution in [3.05, 3.63) is 69.8 Å². The zero-order valence-electron chi connectivity index (χ0n) is 13.6. The Morgan fingerprint density at radius 2 is 0.864 bits per heavy atom. The molecule has 0 spiro atoms. The highest BCUT2D eigenvalue weighted by molar-refractivity contribution is 5.46. The lowest BCUT2D eigenvalue weighted by atomic mass is 9.74. The fourth-order valence-corrected chi connectivity index (χ4v) is 3.02. The van der Waals surface area contributed by atoms with Crippen molar-refractivity contribution < 1.29 is 13.2 Å². The van der Waals surface area contributed by atoms with E-state index >= 15 is 0 Å². The molecule has 0 aromatic heterocycles. The molecule has 2 aromatic carbocycles. The Balaban J connectivity index is 2.78. The number of hydrogen-bond acceptors (Lipinski definition) is 0. The summed E-state index contributed by atoms with van der Waals surface area (Å²) in [6.45, 7) is 8.59. The zero-order valence-corrected chi connectivity index (χ0v) is 13.6. The van der Waals surface area contributed by atoms with Gasteiger partial charge in [0.25, 0.3) is 0 Å². The van der Waals surface area contributed by atoms with Crippen LogP contribution in [0.4, 0.5) is 13.2 Å². The monoisotopic (exact) mass is 306 g/mol. The molecule has 0 atom stereocenters. The first-order valence-corrected chi connectivity index (χ1v) is 7.28. The van der Waals surface area contributed by atoms with Crippen LogP contribution in [0.25, 0.3) is 0 Å². The van der Waals surface area contributed by atoms with Gasteiger partial charge in [-0.25, -0.2) is 0 Å². The summed E-state index contributed by atoms with van der Waals surface area (Å²) in [5, 5.41) is 0. The van der Waals surface area contributed by atoms with Crippen molar-refractivity contribution in [2.45, 2.75) is 46.2 Å². The summed E-state index contributed by atoms with van der Waals surface area (Å²) in [7, 11) is 0. The second-order valence-electron chi connectivity index (χ2n) is 6.38. The largest absolute Gasteiger partial charge is 0.402 e. The fourth-order valence-electron chi connectivity index (χ4n) is 3.02. The SMILES string of the molecule is Cc1cc(C)cc(C(C)(c2cc(C)cc(C)c2)C(F)(F)F)c1. The lowest BCUT2D eigenvalue weighted by molar-refractivity contribution is -0.173. The summed E-state index contributed by atoms with van der Waals surface area (Å²) in [4.78, 5) is 0. The van der Waals surface area contributed by atoms with Gasteiger partial charge in [0.2, 0.25) is 0 Å². The van der Waals surface area contributed by atoms with E-state index in [1.807, 2.05) is 39.8 Å². The number of hydrogen-bond donors (Lipinski definition) is 0. The van der Waals surface area contributed by atoms with E-state index in [1.54, 1.807) is 24.3 Å². The lowest BCUT2D eigenvalue weighted by Crippen LogP contribution is -2.40. The van der Waals surface area contributed by atoms with E-state index in [2.05, 4.69) is 0 Å². The van der Waals surface area contributed by atoms with E-state index in [4.69, 9.17) is 0 Å². The first-order chi connectivity index (χ1) is 10.0. The highest BCUT2D eigenvalue weighted by atomic mass is 19.4. The summed E-state index contributed by atoms with van der Waals surface area (Å²) in [6.07, 6.45) is -4.37. The maximum atomic E-state index is 14.0. The van der Waals surface area contributed by atoms with Crippen LogP contribution in [0, 0.1) is 27.7 Å². The molecular formula is C19H21F3. The lowest BCUT2D eigenvalue weighted by Gasteiger charge is -2.34. The van der Waals surface area contributed by atoms with Crippen molar-refractivity contribution in [3.63, 3.8) is 0 Å². The molecule has 3 heteroatoms. The molecular weight excluding hydrogens is 285 g/mol. The van der Waals surface area contributed by atoms with Gasteiger partial charge in [0, 0.05) is 0 Å². The fraction of sp³-hybridized carbons (Fsp3) is 0.368. The summed E-state index contributed by atoms with van der Waals surface area (Å²) in [6, 6.07) is 10.3. The Morgan fingerprint density at radius 1 is 0.591 bits per heavy atom. The summed E-state index contributed by atoms with van der Waals surface area (Å²) in [5.74, 6) is 0. The van der Waals surface area contributed by atoms with E-state index in [1.165, 1.54) is 6.92 Å². The van der Waals surface area contributed by atoms with E-state index in [-0.39, 0.29) is 0 Å². The van der Waals surface area contributed by atoms with Crippen LogP contribution < -0.4 is 0 Å². The number of benzene rings is 2. The molecule has 0 aliphatic heterocycles. The van der Waals surface area contributed by atoms with Crippen LogP contribution in [0.15, 0.2) is 36.4 Å². The van der Waals surface area contributed by atoms with E-state index in [0.717, 1.165) is 22.3 Å². The second kappa shape index (κ2) is 5.45. The van der Waals surface area contributed by atoms with Gasteiger partial charge in [-0.05, 0) is 45.7 Å². The molecule has 0 unspecified atom stereocenters. The highest BCUT2D eigenvalue weighted by Gasteiger charge is 2.53. The minimum atomic E-state index is -4.37. The molecule has 0 aliphatic rings. The zero-order chi connectivity index (χ0) is 16.7. The van der Waals surface area contributed by atoms with Crippen LogP contribution in [0.1, 0.15) is 40.3 Å². The third kappa shape index (κ3) is 2.90. The quantitative estimate of drug-likeness (QED) is 0.659. The van der Waals surface area contributed by atoms with E-state index in [0.29, 0.717) is 11.1 Å². The van der Waals surface area contributed by atoms with Gasteiger partial charge in [-0.2, -0.15) is 13.2 Å². The topological polar surface area (TPSA) is 0 Å². The van der Waals surface area contributed by atoms with Crippen LogP contribution in [0.5, 0.6) is 0 Å². The van der Waals surface area contributed by atoms with Crippen molar-refractivity contribution in [2.75, 3.05) is 0 Å². The van der Waals surface area contributed by atoms with Crippen molar-refractivity contribution in [1.29, 1.82) is 0 Å². The number of rotatable bonds is 2. The van der Waals surface area contributed by atoms with Gasteiger partial charge in [-0.15, -0.1) is 0 Å². The maximum absolute atomic E-state index is 14.0. The van der Waals surface area contributed by atoms with Crippen molar-refractivity contribution in [3.8, 4) is 0 Å². The van der Waals surface area contributed by atoms with Gasteiger partial charge in [0.15, 0.2) is 0 Å². The van der Waals surface area contributed by atoms with Gasteiger partial charge in [-0.3, -0.25) is 0 Å². The highest BCUT2D eigenvalue weighted by Crippen LogP contribution is 2.46. The average Bonchev–Trinajstić information content (AvgIpc) is 2.33. The second-order valence-corrected chi connectivity index (χ2v) is 6.38. The molecule has 0 N–H and O–H groups in total. The average molecular weight is 306 g/mol. The van der Waals surface area contributed by atoms with Crippen LogP contribution in [0.3, 0.4) is 0 Å². The summed E-state index contributed by atoms with van der Waals surface area (Å²) < 4.78 is 42.0. The first kappa shape index (κ1) is 16.6. The molecule has 0 heterocycles. The number of alkyl halides is 3. The predicted molar refractivity (Wildman–Crippen MR) is 84.3 cm³/mol. The third-order valence-electron chi connectivity index (χ3n) is 4.17. The Morgan fingerprint density at radius 3 is 1.09 bits per heavy atom. The number of halogens is 3. The maximum Gasteiger partial charge on any atom is 0.402 e. The molecule has 0 amide bonds. The molecule has 2 aromatic rings. The van der Waals surface area contributed by atoms with E-state index < -0.39 is 11.6 Å².